The van der Waals surface area contributed by atoms with Crippen LogP contribution in [0.2, 0.25) is 0 Å². The Labute approximate surface area is 120 Å². The molecular weight excluding hydrogens is 276 g/mol. The van der Waals surface area contributed by atoms with E-state index in [1.165, 1.54) is 28.9 Å². The molecule has 0 saturated carbocycles. The van der Waals surface area contributed by atoms with Gasteiger partial charge in [0.2, 0.25) is 5.82 Å². The molecule has 0 aliphatic rings. The maximum Gasteiger partial charge on any atom is 0.269 e. The maximum absolute atomic E-state index is 10.7. The number of hydrogen-bond acceptors (Lipinski definition) is 7. The Balaban J connectivity index is 2.46. The van der Waals surface area contributed by atoms with Crippen LogP contribution in [0.1, 0.15) is 32.2 Å². The monoisotopic (exact) mass is 290 g/mol. The second kappa shape index (κ2) is 5.27. The van der Waals surface area contributed by atoms with Gasteiger partial charge >= 0.3 is 0 Å². The average molecular weight is 290 g/mol. The van der Waals surface area contributed by atoms with E-state index < -0.39 is 10.5 Å². The highest BCUT2D eigenvalue weighted by Crippen LogP contribution is 2.18. The van der Waals surface area contributed by atoms with E-state index in [1.807, 2.05) is 20.8 Å². The number of non-ortho nitro benzene ring substituents is 1. The smallest absolute Gasteiger partial charge is 0.269 e. The summed E-state index contributed by atoms with van der Waals surface area (Å²) >= 11 is 0. The number of nitro benzene ring substituents is 1. The predicted octanol–water partition coefficient (Wildman–Crippen LogP) is 1.56. The fourth-order valence-corrected chi connectivity index (χ4v) is 1.76. The van der Waals surface area contributed by atoms with Crippen LogP contribution >= 0.6 is 0 Å². The lowest BCUT2D eigenvalue weighted by Gasteiger charge is -2.20. The number of nitrogens with zero attached hydrogens (tertiary/aromatic N) is 6. The van der Waals surface area contributed by atoms with Gasteiger partial charge in [-0.05, 0) is 43.3 Å². The van der Waals surface area contributed by atoms with Crippen LogP contribution in [-0.4, -0.2) is 36.0 Å². The minimum Gasteiger partial charge on any atom is -0.410 e. The van der Waals surface area contributed by atoms with Crippen LogP contribution in [0.15, 0.2) is 29.4 Å². The molecule has 1 aromatic carbocycles. The first-order chi connectivity index (χ1) is 9.84. The third kappa shape index (κ3) is 2.86. The third-order valence-corrected chi connectivity index (χ3v) is 2.77. The van der Waals surface area contributed by atoms with Gasteiger partial charge in [-0.3, -0.25) is 10.1 Å². The summed E-state index contributed by atoms with van der Waals surface area (Å²) in [6.07, 6.45) is 0. The fourth-order valence-electron chi connectivity index (χ4n) is 1.76. The van der Waals surface area contributed by atoms with Crippen molar-refractivity contribution in [1.82, 2.24) is 20.2 Å². The SMILES string of the molecule is CC(C)(C)n1nnnc1/C(=N\O)c1ccc([N+](=O)[O-])cc1. The highest BCUT2D eigenvalue weighted by molar-refractivity contribution is 6.10. The van der Waals surface area contributed by atoms with E-state index in [0.29, 0.717) is 5.56 Å². The van der Waals surface area contributed by atoms with Gasteiger partial charge in [-0.1, -0.05) is 5.16 Å². The number of hydrogen-bond donors (Lipinski definition) is 1. The molecule has 21 heavy (non-hydrogen) atoms. The number of tetrazole rings is 1. The molecule has 0 radical (unpaired) electrons. The molecule has 1 heterocycles. The van der Waals surface area contributed by atoms with Crippen molar-refractivity contribution >= 4 is 11.4 Å². The Morgan fingerprint density at radius 3 is 2.43 bits per heavy atom. The zero-order valence-corrected chi connectivity index (χ0v) is 11.8. The third-order valence-electron chi connectivity index (χ3n) is 2.77. The molecule has 9 nitrogen and oxygen atoms in total. The Morgan fingerprint density at radius 2 is 1.95 bits per heavy atom. The van der Waals surface area contributed by atoms with Crippen LogP contribution in [0.3, 0.4) is 0 Å². The van der Waals surface area contributed by atoms with Gasteiger partial charge in [0, 0.05) is 17.7 Å². The fraction of sp³-hybridized carbons (Fsp3) is 0.333. The highest BCUT2D eigenvalue weighted by Gasteiger charge is 2.24. The minimum atomic E-state index is -0.501. The highest BCUT2D eigenvalue weighted by atomic mass is 16.6. The van der Waals surface area contributed by atoms with Crippen LogP contribution < -0.4 is 0 Å². The van der Waals surface area contributed by atoms with Gasteiger partial charge in [0.15, 0.2) is 5.71 Å². The first-order valence-electron chi connectivity index (χ1n) is 6.10. The molecule has 0 fully saturated rings. The van der Waals surface area contributed by atoms with Crippen molar-refractivity contribution in [2.75, 3.05) is 0 Å². The van der Waals surface area contributed by atoms with Gasteiger partial charge in [0.05, 0.1) is 10.5 Å². The average Bonchev–Trinajstić information content (AvgIpc) is 2.89. The first kappa shape index (κ1) is 14.6. The van der Waals surface area contributed by atoms with E-state index in [0.717, 1.165) is 0 Å². The quantitative estimate of drug-likeness (QED) is 0.396. The molecule has 0 saturated heterocycles. The Morgan fingerprint density at radius 1 is 1.33 bits per heavy atom. The Kier molecular flexibility index (Phi) is 3.66. The van der Waals surface area contributed by atoms with Gasteiger partial charge in [-0.2, -0.15) is 0 Å². The number of oxime groups is 1. The van der Waals surface area contributed by atoms with E-state index in [-0.39, 0.29) is 17.2 Å². The van der Waals surface area contributed by atoms with Gasteiger partial charge < -0.3 is 5.21 Å². The van der Waals surface area contributed by atoms with E-state index in [9.17, 15) is 15.3 Å². The summed E-state index contributed by atoms with van der Waals surface area (Å²) in [6.45, 7) is 5.70. The summed E-state index contributed by atoms with van der Waals surface area (Å²) in [4.78, 5) is 10.2. The molecule has 0 atom stereocenters. The molecule has 1 aromatic heterocycles. The van der Waals surface area contributed by atoms with Gasteiger partial charge in [0.25, 0.3) is 5.69 Å². The number of aromatic nitrogens is 4. The van der Waals surface area contributed by atoms with Crippen LogP contribution in [0.5, 0.6) is 0 Å². The maximum atomic E-state index is 10.7. The van der Waals surface area contributed by atoms with E-state index in [2.05, 4.69) is 20.7 Å². The Bertz CT molecular complexity index is 684. The zero-order chi connectivity index (χ0) is 15.6. The number of nitro groups is 1. The minimum absolute atomic E-state index is 0.0496. The summed E-state index contributed by atoms with van der Waals surface area (Å²) in [5.41, 5.74) is 0.162. The summed E-state index contributed by atoms with van der Waals surface area (Å²) in [5, 5.41) is 34.5. The van der Waals surface area contributed by atoms with Crippen molar-refractivity contribution in [2.45, 2.75) is 26.3 Å². The van der Waals surface area contributed by atoms with Crippen molar-refractivity contribution < 1.29 is 10.1 Å². The molecule has 0 aliphatic heterocycles. The predicted molar refractivity (Wildman–Crippen MR) is 73.3 cm³/mol. The summed E-state index contributed by atoms with van der Waals surface area (Å²) < 4.78 is 1.52. The largest absolute Gasteiger partial charge is 0.410 e. The van der Waals surface area contributed by atoms with Crippen molar-refractivity contribution in [3.8, 4) is 0 Å². The standard InChI is InChI=1S/C12H14N6O3/c1-12(2,3)17-11(13-15-16-17)10(14-19)8-4-6-9(7-5-8)18(20)21/h4-7,19H,1-3H3/b14-10-. The van der Waals surface area contributed by atoms with Gasteiger partial charge in [-0.25, -0.2) is 4.68 Å². The second-order valence-corrected chi connectivity index (χ2v) is 5.34. The van der Waals surface area contributed by atoms with Crippen molar-refractivity contribution in [2.24, 2.45) is 5.16 Å². The second-order valence-electron chi connectivity index (χ2n) is 5.34. The summed E-state index contributed by atoms with van der Waals surface area (Å²) in [5.74, 6) is 0.277. The number of rotatable bonds is 3. The molecule has 0 bridgehead atoms. The Hall–Kier alpha value is -2.84. The van der Waals surface area contributed by atoms with E-state index in [4.69, 9.17) is 0 Å². The van der Waals surface area contributed by atoms with Crippen molar-refractivity contribution in [1.29, 1.82) is 0 Å². The molecule has 2 aromatic rings. The zero-order valence-electron chi connectivity index (χ0n) is 11.8. The van der Waals surface area contributed by atoms with E-state index in [1.54, 1.807) is 0 Å². The normalized spacial score (nSPS) is 12.4. The van der Waals surface area contributed by atoms with Crippen LogP contribution in [0.25, 0.3) is 0 Å². The molecule has 1 N–H and O–H groups in total. The lowest BCUT2D eigenvalue weighted by Crippen LogP contribution is -2.28. The molecule has 9 heteroatoms. The lowest BCUT2D eigenvalue weighted by molar-refractivity contribution is -0.384. The van der Waals surface area contributed by atoms with Crippen LogP contribution in [0, 0.1) is 10.1 Å². The molecule has 0 amide bonds. The molecule has 0 spiro atoms. The van der Waals surface area contributed by atoms with Crippen molar-refractivity contribution in [3.63, 3.8) is 0 Å². The molecular formula is C12H14N6O3. The lowest BCUT2D eigenvalue weighted by atomic mass is 10.1. The van der Waals surface area contributed by atoms with Gasteiger partial charge in [0.1, 0.15) is 0 Å². The van der Waals surface area contributed by atoms with Crippen LogP contribution in [-0.2, 0) is 5.54 Å². The van der Waals surface area contributed by atoms with Crippen molar-refractivity contribution in [3.05, 3.63) is 45.8 Å². The summed E-state index contributed by atoms with van der Waals surface area (Å²) in [7, 11) is 0. The number of benzene rings is 1. The van der Waals surface area contributed by atoms with Gasteiger partial charge in [-0.15, -0.1) is 5.10 Å². The molecule has 0 aliphatic carbocycles. The topological polar surface area (TPSA) is 119 Å². The molecule has 0 unspecified atom stereocenters. The van der Waals surface area contributed by atoms with E-state index >= 15 is 0 Å². The summed E-state index contributed by atoms with van der Waals surface area (Å²) in [6, 6.07) is 5.61. The molecule has 110 valence electrons. The molecule has 2 rings (SSSR count). The van der Waals surface area contributed by atoms with Crippen LogP contribution in [0.4, 0.5) is 5.69 Å². The first-order valence-corrected chi connectivity index (χ1v) is 6.10.